The number of aryl methyl sites for hydroxylation is 1. The number of nitriles is 1. The average molecular weight is 301 g/mol. The van der Waals surface area contributed by atoms with Crippen LogP contribution >= 0.6 is 0 Å². The summed E-state index contributed by atoms with van der Waals surface area (Å²) in [5.41, 5.74) is 7.71. The first kappa shape index (κ1) is 14.9. The molecule has 0 atom stereocenters. The molecule has 0 radical (unpaired) electrons. The third-order valence-electron chi connectivity index (χ3n) is 3.07. The van der Waals surface area contributed by atoms with Gasteiger partial charge in [0.1, 0.15) is 0 Å². The van der Waals surface area contributed by atoms with Crippen LogP contribution in [0.3, 0.4) is 0 Å². The topological polar surface area (TPSA) is 87.2 Å². The molecule has 0 aromatic heterocycles. The number of rotatable bonds is 3. The third-order valence-corrected chi connectivity index (χ3v) is 4.83. The van der Waals surface area contributed by atoms with Crippen molar-refractivity contribution < 1.29 is 8.42 Å². The van der Waals surface area contributed by atoms with Crippen molar-refractivity contribution in [1.29, 1.82) is 5.26 Å². The second kappa shape index (κ2) is 5.46. The second-order valence-electron chi connectivity index (χ2n) is 4.71. The van der Waals surface area contributed by atoms with Crippen LogP contribution in [-0.4, -0.2) is 15.5 Å². The lowest BCUT2D eigenvalue weighted by atomic mass is 10.2. The molecule has 0 unspecified atom stereocenters. The van der Waals surface area contributed by atoms with Gasteiger partial charge < -0.3 is 5.73 Å². The number of nitrogen functional groups attached to an aromatic ring is 1. The van der Waals surface area contributed by atoms with Crippen LogP contribution in [0.4, 0.5) is 11.4 Å². The second-order valence-corrected chi connectivity index (χ2v) is 6.68. The van der Waals surface area contributed by atoms with E-state index >= 15 is 0 Å². The maximum absolute atomic E-state index is 12.6. The summed E-state index contributed by atoms with van der Waals surface area (Å²) >= 11 is 0. The van der Waals surface area contributed by atoms with Crippen LogP contribution in [0.5, 0.6) is 0 Å². The van der Waals surface area contributed by atoms with E-state index in [1.165, 1.54) is 19.2 Å². The van der Waals surface area contributed by atoms with Gasteiger partial charge in [-0.05, 0) is 48.9 Å². The van der Waals surface area contributed by atoms with Crippen molar-refractivity contribution in [3.63, 3.8) is 0 Å². The number of nitrogens with zero attached hydrogens (tertiary/aromatic N) is 2. The molecule has 0 amide bonds. The lowest BCUT2D eigenvalue weighted by molar-refractivity contribution is 0.594. The number of hydrogen-bond acceptors (Lipinski definition) is 4. The minimum atomic E-state index is -3.72. The van der Waals surface area contributed by atoms with E-state index in [9.17, 15) is 8.42 Å². The summed E-state index contributed by atoms with van der Waals surface area (Å²) in [4.78, 5) is 0.130. The van der Waals surface area contributed by atoms with Gasteiger partial charge in [0.15, 0.2) is 0 Å². The summed E-state index contributed by atoms with van der Waals surface area (Å²) in [6.07, 6.45) is 0. The first-order valence-corrected chi connectivity index (χ1v) is 7.65. The Balaban J connectivity index is 2.50. The normalized spacial score (nSPS) is 10.9. The molecule has 0 saturated carbocycles. The highest BCUT2D eigenvalue weighted by atomic mass is 32.2. The summed E-state index contributed by atoms with van der Waals surface area (Å²) in [6.45, 7) is 1.78. The van der Waals surface area contributed by atoms with Crippen LogP contribution in [0.25, 0.3) is 0 Å². The van der Waals surface area contributed by atoms with E-state index < -0.39 is 10.0 Å². The number of nitrogens with two attached hydrogens (primary N) is 1. The molecule has 2 rings (SSSR count). The Morgan fingerprint density at radius 2 is 1.90 bits per heavy atom. The van der Waals surface area contributed by atoms with Crippen LogP contribution in [0.1, 0.15) is 11.1 Å². The molecule has 0 fully saturated rings. The summed E-state index contributed by atoms with van der Waals surface area (Å²) in [7, 11) is -2.27. The molecule has 6 heteroatoms. The van der Waals surface area contributed by atoms with Crippen LogP contribution in [-0.2, 0) is 10.0 Å². The standard InChI is InChI=1S/C15H15N3O2S/c1-11-6-13(17)9-15(7-11)21(19,20)18(2)14-5-3-4-12(8-14)10-16/h3-9H,17H2,1-2H3. The molecule has 21 heavy (non-hydrogen) atoms. The Bertz CT molecular complexity index is 803. The fraction of sp³-hybridized carbons (Fsp3) is 0.133. The average Bonchev–Trinajstić information content (AvgIpc) is 2.45. The molecule has 2 aromatic rings. The zero-order valence-corrected chi connectivity index (χ0v) is 12.6. The number of sulfonamides is 1. The fourth-order valence-electron chi connectivity index (χ4n) is 1.99. The van der Waals surface area contributed by atoms with Crippen molar-refractivity contribution >= 4 is 21.4 Å². The van der Waals surface area contributed by atoms with Gasteiger partial charge in [0.2, 0.25) is 0 Å². The quantitative estimate of drug-likeness (QED) is 0.881. The first-order chi connectivity index (χ1) is 9.84. The van der Waals surface area contributed by atoms with Gasteiger partial charge in [-0.3, -0.25) is 4.31 Å². The molecular weight excluding hydrogens is 286 g/mol. The zero-order valence-electron chi connectivity index (χ0n) is 11.7. The molecule has 0 aliphatic heterocycles. The summed E-state index contributed by atoms with van der Waals surface area (Å²) < 4.78 is 26.4. The van der Waals surface area contributed by atoms with E-state index in [1.807, 2.05) is 6.07 Å². The molecular formula is C15H15N3O2S. The number of anilines is 2. The predicted octanol–water partition coefficient (Wildman–Crippen LogP) is 2.27. The van der Waals surface area contributed by atoms with Gasteiger partial charge in [0.05, 0.1) is 22.2 Å². The Morgan fingerprint density at radius 1 is 1.19 bits per heavy atom. The van der Waals surface area contributed by atoms with Gasteiger partial charge in [0.25, 0.3) is 10.0 Å². The van der Waals surface area contributed by atoms with Gasteiger partial charge in [-0.25, -0.2) is 8.42 Å². The van der Waals surface area contributed by atoms with Crippen LogP contribution in [0.2, 0.25) is 0 Å². The van der Waals surface area contributed by atoms with Crippen molar-refractivity contribution in [1.82, 2.24) is 0 Å². The molecule has 0 saturated heterocycles. The highest BCUT2D eigenvalue weighted by molar-refractivity contribution is 7.92. The molecule has 0 aliphatic carbocycles. The Kier molecular flexibility index (Phi) is 3.87. The molecule has 2 aromatic carbocycles. The van der Waals surface area contributed by atoms with Gasteiger partial charge in [-0.1, -0.05) is 6.07 Å². The number of hydrogen-bond donors (Lipinski definition) is 1. The Hall–Kier alpha value is -2.52. The van der Waals surface area contributed by atoms with E-state index in [0.29, 0.717) is 16.9 Å². The van der Waals surface area contributed by atoms with Crippen LogP contribution in [0.15, 0.2) is 47.4 Å². The zero-order chi connectivity index (χ0) is 15.6. The minimum Gasteiger partial charge on any atom is -0.399 e. The molecule has 108 valence electrons. The van der Waals surface area contributed by atoms with E-state index in [-0.39, 0.29) is 4.90 Å². The van der Waals surface area contributed by atoms with Crippen molar-refractivity contribution in [2.75, 3.05) is 17.1 Å². The maximum atomic E-state index is 12.6. The van der Waals surface area contributed by atoms with E-state index in [4.69, 9.17) is 11.0 Å². The fourth-order valence-corrected chi connectivity index (χ4v) is 3.32. The SMILES string of the molecule is Cc1cc(N)cc(S(=O)(=O)N(C)c2cccc(C#N)c2)c1. The monoisotopic (exact) mass is 301 g/mol. The van der Waals surface area contributed by atoms with E-state index in [1.54, 1.807) is 37.3 Å². The smallest absolute Gasteiger partial charge is 0.264 e. The lowest BCUT2D eigenvalue weighted by Gasteiger charge is -2.20. The van der Waals surface area contributed by atoms with Gasteiger partial charge in [-0.15, -0.1) is 0 Å². The van der Waals surface area contributed by atoms with E-state index in [0.717, 1.165) is 9.87 Å². The van der Waals surface area contributed by atoms with Crippen molar-refractivity contribution in [2.24, 2.45) is 0 Å². The van der Waals surface area contributed by atoms with Crippen molar-refractivity contribution in [3.8, 4) is 6.07 Å². The van der Waals surface area contributed by atoms with Gasteiger partial charge in [-0.2, -0.15) is 5.26 Å². The van der Waals surface area contributed by atoms with Crippen molar-refractivity contribution in [3.05, 3.63) is 53.6 Å². The molecule has 2 N–H and O–H groups in total. The van der Waals surface area contributed by atoms with Crippen LogP contribution < -0.4 is 10.0 Å². The van der Waals surface area contributed by atoms with Gasteiger partial charge >= 0.3 is 0 Å². The lowest BCUT2D eigenvalue weighted by Crippen LogP contribution is -2.26. The minimum absolute atomic E-state index is 0.130. The van der Waals surface area contributed by atoms with Crippen LogP contribution in [0, 0.1) is 18.3 Å². The first-order valence-electron chi connectivity index (χ1n) is 6.21. The largest absolute Gasteiger partial charge is 0.399 e. The molecule has 0 heterocycles. The van der Waals surface area contributed by atoms with Crippen molar-refractivity contribution in [2.45, 2.75) is 11.8 Å². The Morgan fingerprint density at radius 3 is 2.52 bits per heavy atom. The summed E-state index contributed by atoms with van der Waals surface area (Å²) in [6, 6.07) is 13.1. The summed E-state index contributed by atoms with van der Waals surface area (Å²) in [5.74, 6) is 0. The van der Waals surface area contributed by atoms with Gasteiger partial charge in [0, 0.05) is 12.7 Å². The molecule has 0 spiro atoms. The molecule has 0 aliphatic rings. The predicted molar refractivity (Wildman–Crippen MR) is 82.3 cm³/mol. The highest BCUT2D eigenvalue weighted by Crippen LogP contribution is 2.24. The Labute approximate surface area is 124 Å². The maximum Gasteiger partial charge on any atom is 0.264 e. The summed E-state index contributed by atoms with van der Waals surface area (Å²) in [5, 5.41) is 8.90. The highest BCUT2D eigenvalue weighted by Gasteiger charge is 2.22. The molecule has 5 nitrogen and oxygen atoms in total. The van der Waals surface area contributed by atoms with E-state index in [2.05, 4.69) is 0 Å². The third kappa shape index (κ3) is 2.98. The number of benzene rings is 2. The molecule has 0 bridgehead atoms.